The number of aromatic carboxylic acids is 1. The molecule has 0 aliphatic rings. The standard InChI is InChI=1S/C14H13FN2O2/c1-17(9-10-5-2-3-8-16-10)13-11(14(18)19)6-4-7-12(13)15/h2-8H,9H2,1H3,(H,18,19). The molecule has 4 nitrogen and oxygen atoms in total. The number of rotatable bonds is 4. The minimum Gasteiger partial charge on any atom is -0.478 e. The zero-order valence-corrected chi connectivity index (χ0v) is 10.4. The Morgan fingerprint density at radius 1 is 1.32 bits per heavy atom. The molecule has 2 aromatic rings. The third kappa shape index (κ3) is 2.88. The van der Waals surface area contributed by atoms with Crippen molar-refractivity contribution in [3.8, 4) is 0 Å². The van der Waals surface area contributed by atoms with Crippen molar-refractivity contribution in [1.29, 1.82) is 0 Å². The first-order chi connectivity index (χ1) is 9.09. The lowest BCUT2D eigenvalue weighted by Gasteiger charge is -2.21. The van der Waals surface area contributed by atoms with Gasteiger partial charge in [-0.25, -0.2) is 9.18 Å². The molecule has 0 radical (unpaired) electrons. The van der Waals surface area contributed by atoms with Crippen molar-refractivity contribution in [2.45, 2.75) is 6.54 Å². The van der Waals surface area contributed by atoms with E-state index in [9.17, 15) is 9.18 Å². The fourth-order valence-corrected chi connectivity index (χ4v) is 1.89. The van der Waals surface area contributed by atoms with Gasteiger partial charge in [-0.2, -0.15) is 0 Å². The number of pyridine rings is 1. The largest absolute Gasteiger partial charge is 0.478 e. The quantitative estimate of drug-likeness (QED) is 0.917. The second-order valence-electron chi connectivity index (χ2n) is 4.12. The number of hydrogen-bond donors (Lipinski definition) is 1. The molecule has 1 aromatic heterocycles. The van der Waals surface area contributed by atoms with Crippen LogP contribution >= 0.6 is 0 Å². The zero-order chi connectivity index (χ0) is 13.8. The maximum atomic E-state index is 13.8. The van der Waals surface area contributed by atoms with Crippen LogP contribution in [0, 0.1) is 5.82 Å². The minimum atomic E-state index is -1.15. The average molecular weight is 260 g/mol. The number of aromatic nitrogens is 1. The Bertz CT molecular complexity index is 587. The van der Waals surface area contributed by atoms with E-state index < -0.39 is 11.8 Å². The van der Waals surface area contributed by atoms with E-state index in [0.29, 0.717) is 6.54 Å². The predicted molar refractivity (Wildman–Crippen MR) is 69.7 cm³/mol. The van der Waals surface area contributed by atoms with E-state index in [0.717, 1.165) is 5.69 Å². The zero-order valence-electron chi connectivity index (χ0n) is 10.4. The number of nitrogens with zero attached hydrogens (tertiary/aromatic N) is 2. The van der Waals surface area contributed by atoms with Gasteiger partial charge < -0.3 is 10.0 Å². The Labute approximate surface area is 110 Å². The van der Waals surface area contributed by atoms with Gasteiger partial charge in [0, 0.05) is 13.2 Å². The molecule has 1 aromatic carbocycles. The Morgan fingerprint density at radius 3 is 2.74 bits per heavy atom. The number of carboxylic acids is 1. The van der Waals surface area contributed by atoms with Gasteiger partial charge in [-0.3, -0.25) is 4.98 Å². The monoisotopic (exact) mass is 260 g/mol. The molecule has 0 spiro atoms. The number of para-hydroxylation sites is 1. The van der Waals surface area contributed by atoms with Crippen LogP contribution in [0.1, 0.15) is 16.1 Å². The van der Waals surface area contributed by atoms with Gasteiger partial charge in [0.25, 0.3) is 0 Å². The molecular formula is C14H13FN2O2. The van der Waals surface area contributed by atoms with E-state index >= 15 is 0 Å². The van der Waals surface area contributed by atoms with Crippen molar-refractivity contribution in [3.05, 3.63) is 59.7 Å². The number of anilines is 1. The van der Waals surface area contributed by atoms with Gasteiger partial charge >= 0.3 is 5.97 Å². The highest BCUT2D eigenvalue weighted by Crippen LogP contribution is 2.24. The number of carboxylic acid groups (broad SMARTS) is 1. The van der Waals surface area contributed by atoms with Crippen molar-refractivity contribution in [2.75, 3.05) is 11.9 Å². The summed E-state index contributed by atoms with van der Waals surface area (Å²) in [6, 6.07) is 9.44. The topological polar surface area (TPSA) is 53.4 Å². The molecule has 0 saturated carbocycles. The normalized spacial score (nSPS) is 10.2. The Kier molecular flexibility index (Phi) is 3.75. The smallest absolute Gasteiger partial charge is 0.337 e. The maximum Gasteiger partial charge on any atom is 0.337 e. The molecule has 0 amide bonds. The average Bonchev–Trinajstić information content (AvgIpc) is 2.39. The van der Waals surface area contributed by atoms with Gasteiger partial charge in [0.1, 0.15) is 5.82 Å². The highest BCUT2D eigenvalue weighted by Gasteiger charge is 2.18. The summed E-state index contributed by atoms with van der Waals surface area (Å²) in [6.07, 6.45) is 1.64. The van der Waals surface area contributed by atoms with Crippen LogP contribution in [0.4, 0.5) is 10.1 Å². The van der Waals surface area contributed by atoms with Crippen molar-refractivity contribution in [3.63, 3.8) is 0 Å². The number of benzene rings is 1. The van der Waals surface area contributed by atoms with Crippen LogP contribution in [-0.4, -0.2) is 23.1 Å². The van der Waals surface area contributed by atoms with Gasteiger partial charge in [0.2, 0.25) is 0 Å². The summed E-state index contributed by atoms with van der Waals surface area (Å²) in [5.74, 6) is -1.71. The van der Waals surface area contributed by atoms with E-state index in [1.807, 2.05) is 6.07 Å². The molecule has 0 atom stereocenters. The lowest BCUT2D eigenvalue weighted by atomic mass is 10.1. The summed E-state index contributed by atoms with van der Waals surface area (Å²) in [7, 11) is 1.64. The van der Waals surface area contributed by atoms with Crippen LogP contribution in [0.5, 0.6) is 0 Å². The first-order valence-corrected chi connectivity index (χ1v) is 5.72. The van der Waals surface area contributed by atoms with Crippen molar-refractivity contribution in [2.24, 2.45) is 0 Å². The van der Waals surface area contributed by atoms with Crippen molar-refractivity contribution < 1.29 is 14.3 Å². The molecule has 0 saturated heterocycles. The molecule has 98 valence electrons. The van der Waals surface area contributed by atoms with Gasteiger partial charge in [0.15, 0.2) is 0 Å². The first kappa shape index (κ1) is 13.0. The lowest BCUT2D eigenvalue weighted by molar-refractivity contribution is 0.0697. The fourth-order valence-electron chi connectivity index (χ4n) is 1.89. The maximum absolute atomic E-state index is 13.8. The number of halogens is 1. The second kappa shape index (κ2) is 5.48. The van der Waals surface area contributed by atoms with Crippen LogP contribution in [-0.2, 0) is 6.54 Å². The van der Waals surface area contributed by atoms with E-state index in [1.54, 1.807) is 30.3 Å². The summed E-state index contributed by atoms with van der Waals surface area (Å²) in [5, 5.41) is 9.10. The van der Waals surface area contributed by atoms with E-state index in [1.165, 1.54) is 18.2 Å². The van der Waals surface area contributed by atoms with E-state index in [4.69, 9.17) is 5.11 Å². The van der Waals surface area contributed by atoms with Gasteiger partial charge in [-0.05, 0) is 24.3 Å². The summed E-state index contributed by atoms with van der Waals surface area (Å²) < 4.78 is 13.8. The molecular weight excluding hydrogens is 247 g/mol. The number of carbonyl (C=O) groups is 1. The summed E-state index contributed by atoms with van der Waals surface area (Å²) in [4.78, 5) is 16.8. The fraction of sp³-hybridized carbons (Fsp3) is 0.143. The predicted octanol–water partition coefficient (Wildman–Crippen LogP) is 2.56. The Balaban J connectivity index is 2.33. The third-order valence-electron chi connectivity index (χ3n) is 2.72. The van der Waals surface area contributed by atoms with Crippen LogP contribution in [0.3, 0.4) is 0 Å². The molecule has 0 fully saturated rings. The van der Waals surface area contributed by atoms with Crippen LogP contribution < -0.4 is 4.90 Å². The van der Waals surface area contributed by atoms with Gasteiger partial charge in [0.05, 0.1) is 23.5 Å². The highest BCUT2D eigenvalue weighted by molar-refractivity contribution is 5.94. The van der Waals surface area contributed by atoms with Crippen LogP contribution in [0.15, 0.2) is 42.6 Å². The molecule has 19 heavy (non-hydrogen) atoms. The van der Waals surface area contributed by atoms with Crippen LogP contribution in [0.2, 0.25) is 0 Å². The van der Waals surface area contributed by atoms with E-state index in [2.05, 4.69) is 4.98 Å². The molecule has 5 heteroatoms. The Morgan fingerprint density at radius 2 is 2.11 bits per heavy atom. The number of hydrogen-bond acceptors (Lipinski definition) is 3. The molecule has 2 rings (SSSR count). The summed E-state index contributed by atoms with van der Waals surface area (Å²) in [5.41, 5.74) is 0.753. The van der Waals surface area contributed by atoms with E-state index in [-0.39, 0.29) is 11.3 Å². The molecule has 1 heterocycles. The second-order valence-corrected chi connectivity index (χ2v) is 4.12. The SMILES string of the molecule is CN(Cc1ccccn1)c1c(F)cccc1C(=O)O. The summed E-state index contributed by atoms with van der Waals surface area (Å²) in [6.45, 7) is 0.335. The molecule has 0 aliphatic carbocycles. The molecule has 1 N–H and O–H groups in total. The highest BCUT2D eigenvalue weighted by atomic mass is 19.1. The molecule has 0 unspecified atom stereocenters. The van der Waals surface area contributed by atoms with Crippen molar-refractivity contribution in [1.82, 2.24) is 4.98 Å². The Hall–Kier alpha value is -2.43. The van der Waals surface area contributed by atoms with Gasteiger partial charge in [-0.15, -0.1) is 0 Å². The minimum absolute atomic E-state index is 0.0570. The first-order valence-electron chi connectivity index (χ1n) is 5.72. The molecule has 0 aliphatic heterocycles. The van der Waals surface area contributed by atoms with Crippen molar-refractivity contribution >= 4 is 11.7 Å². The lowest BCUT2D eigenvalue weighted by Crippen LogP contribution is -2.21. The third-order valence-corrected chi connectivity index (χ3v) is 2.72. The van der Waals surface area contributed by atoms with Crippen LogP contribution in [0.25, 0.3) is 0 Å². The van der Waals surface area contributed by atoms with Gasteiger partial charge in [-0.1, -0.05) is 12.1 Å². The molecule has 0 bridgehead atoms. The summed E-state index contributed by atoms with van der Waals surface area (Å²) >= 11 is 0.